The molecule has 0 radical (unpaired) electrons. The third kappa shape index (κ3) is 3.85. The first-order chi connectivity index (χ1) is 13.9. The lowest BCUT2D eigenvalue weighted by molar-refractivity contribution is -0.118. The highest BCUT2D eigenvalue weighted by Gasteiger charge is 2.28. The molecule has 2 N–H and O–H groups in total. The van der Waals surface area contributed by atoms with Gasteiger partial charge in [-0.1, -0.05) is 6.07 Å². The quantitative estimate of drug-likeness (QED) is 0.582. The standard InChI is InChI=1S/C18H19N5O3S3/c1-12(23-16(20-21-18(23)27)15-4-2-10-28-15)17(24)19-13-5-7-14(8-6-13)22-9-3-11-29(22,25)26/h2,4-8,10,12H,3,9,11H2,1H3,(H,19,24)(H,21,27). The Hall–Kier alpha value is -2.50. The minimum Gasteiger partial charge on any atom is -0.324 e. The summed E-state index contributed by atoms with van der Waals surface area (Å²) in [6.45, 7) is 2.23. The van der Waals surface area contributed by atoms with E-state index in [4.69, 9.17) is 12.2 Å². The summed E-state index contributed by atoms with van der Waals surface area (Å²) in [4.78, 5) is 13.7. The Morgan fingerprint density at radius 3 is 2.69 bits per heavy atom. The summed E-state index contributed by atoms with van der Waals surface area (Å²) < 4.78 is 27.5. The first-order valence-electron chi connectivity index (χ1n) is 8.99. The zero-order valence-electron chi connectivity index (χ0n) is 15.5. The van der Waals surface area contributed by atoms with E-state index < -0.39 is 16.1 Å². The molecule has 0 spiro atoms. The second-order valence-corrected chi connectivity index (χ2v) is 10.0. The van der Waals surface area contributed by atoms with Gasteiger partial charge in [0.25, 0.3) is 0 Å². The fourth-order valence-electron chi connectivity index (χ4n) is 3.25. The molecule has 1 aromatic carbocycles. The molecular weight excluding hydrogens is 430 g/mol. The van der Waals surface area contributed by atoms with Gasteiger partial charge in [0.15, 0.2) is 10.6 Å². The van der Waals surface area contributed by atoms with Gasteiger partial charge in [-0.25, -0.2) is 8.42 Å². The van der Waals surface area contributed by atoms with Gasteiger partial charge in [-0.2, -0.15) is 5.10 Å². The van der Waals surface area contributed by atoms with Crippen molar-refractivity contribution >= 4 is 50.9 Å². The summed E-state index contributed by atoms with van der Waals surface area (Å²) in [7, 11) is -3.23. The van der Waals surface area contributed by atoms with Crippen molar-refractivity contribution in [3.05, 3.63) is 46.5 Å². The first-order valence-corrected chi connectivity index (χ1v) is 11.9. The van der Waals surface area contributed by atoms with Crippen molar-refractivity contribution in [2.75, 3.05) is 21.9 Å². The molecular formula is C18H19N5O3S3. The molecule has 4 rings (SSSR count). The Morgan fingerprint density at radius 1 is 1.31 bits per heavy atom. The van der Waals surface area contributed by atoms with E-state index in [9.17, 15) is 13.2 Å². The number of hydrogen-bond donors (Lipinski definition) is 2. The highest BCUT2D eigenvalue weighted by atomic mass is 32.2. The lowest BCUT2D eigenvalue weighted by Crippen LogP contribution is -2.25. The van der Waals surface area contributed by atoms with Gasteiger partial charge in [-0.05, 0) is 61.3 Å². The van der Waals surface area contributed by atoms with Crippen molar-refractivity contribution in [3.8, 4) is 10.7 Å². The average molecular weight is 450 g/mol. The molecule has 3 heterocycles. The van der Waals surface area contributed by atoms with E-state index in [1.807, 2.05) is 17.5 Å². The summed E-state index contributed by atoms with van der Waals surface area (Å²) in [5, 5.41) is 11.8. The van der Waals surface area contributed by atoms with Crippen molar-refractivity contribution in [3.63, 3.8) is 0 Å². The second-order valence-electron chi connectivity index (χ2n) is 6.65. The van der Waals surface area contributed by atoms with Gasteiger partial charge in [-0.15, -0.1) is 11.3 Å². The molecule has 1 aliphatic rings. The summed E-state index contributed by atoms with van der Waals surface area (Å²) >= 11 is 6.83. The number of amides is 1. The number of rotatable bonds is 5. The molecule has 1 fully saturated rings. The molecule has 2 aromatic heterocycles. The number of hydrogen-bond acceptors (Lipinski definition) is 6. The molecule has 0 bridgehead atoms. The lowest BCUT2D eigenvalue weighted by Gasteiger charge is -2.18. The van der Waals surface area contributed by atoms with Gasteiger partial charge >= 0.3 is 0 Å². The number of nitrogens with one attached hydrogen (secondary N) is 2. The Labute approximate surface area is 177 Å². The Balaban J connectivity index is 1.52. The summed E-state index contributed by atoms with van der Waals surface area (Å²) in [6, 6.07) is 10.0. The number of thiophene rings is 1. The molecule has 152 valence electrons. The minimum atomic E-state index is -3.23. The number of aromatic amines is 1. The maximum Gasteiger partial charge on any atom is 0.247 e. The largest absolute Gasteiger partial charge is 0.324 e. The van der Waals surface area contributed by atoms with Crippen molar-refractivity contribution in [2.24, 2.45) is 0 Å². The summed E-state index contributed by atoms with van der Waals surface area (Å²) in [5.41, 5.74) is 1.18. The van der Waals surface area contributed by atoms with Crippen molar-refractivity contribution in [2.45, 2.75) is 19.4 Å². The molecule has 8 nitrogen and oxygen atoms in total. The van der Waals surface area contributed by atoms with E-state index in [0.29, 0.717) is 34.9 Å². The van der Waals surface area contributed by atoms with Crippen LogP contribution in [0.2, 0.25) is 0 Å². The van der Waals surface area contributed by atoms with Crippen LogP contribution in [0.3, 0.4) is 0 Å². The molecule has 1 unspecified atom stereocenters. The van der Waals surface area contributed by atoms with Crippen molar-refractivity contribution in [1.82, 2.24) is 14.8 Å². The number of carbonyl (C=O) groups is 1. The van der Waals surface area contributed by atoms with Crippen LogP contribution >= 0.6 is 23.6 Å². The molecule has 0 saturated carbocycles. The van der Waals surface area contributed by atoms with Gasteiger partial charge in [0, 0.05) is 12.2 Å². The van der Waals surface area contributed by atoms with Crippen molar-refractivity contribution < 1.29 is 13.2 Å². The van der Waals surface area contributed by atoms with Crippen LogP contribution in [0.15, 0.2) is 41.8 Å². The Kier molecular flexibility index (Phi) is 5.28. The predicted molar refractivity (Wildman–Crippen MR) is 116 cm³/mol. The summed E-state index contributed by atoms with van der Waals surface area (Å²) in [5.74, 6) is 0.532. The van der Waals surface area contributed by atoms with Gasteiger partial charge in [0.05, 0.1) is 16.3 Å². The number of sulfonamides is 1. The van der Waals surface area contributed by atoms with Gasteiger partial charge < -0.3 is 5.32 Å². The number of aromatic nitrogens is 3. The van der Waals surface area contributed by atoms with Crippen LogP contribution in [-0.2, 0) is 14.8 Å². The van der Waals surface area contributed by atoms with Crippen LogP contribution in [0.1, 0.15) is 19.4 Å². The lowest BCUT2D eigenvalue weighted by atomic mass is 10.2. The topological polar surface area (TPSA) is 100 Å². The highest BCUT2D eigenvalue weighted by Crippen LogP contribution is 2.27. The number of benzene rings is 1. The molecule has 29 heavy (non-hydrogen) atoms. The third-order valence-corrected chi connectivity index (χ3v) is 7.76. The van der Waals surface area contributed by atoms with Gasteiger partial charge in [0.2, 0.25) is 15.9 Å². The zero-order chi connectivity index (χ0) is 20.6. The van der Waals surface area contributed by atoms with Crippen LogP contribution in [0.4, 0.5) is 11.4 Å². The fourth-order valence-corrected chi connectivity index (χ4v) is 5.81. The smallest absolute Gasteiger partial charge is 0.247 e. The van der Waals surface area contributed by atoms with E-state index in [0.717, 1.165) is 4.88 Å². The minimum absolute atomic E-state index is 0.168. The normalized spacial score (nSPS) is 16.7. The molecule has 11 heteroatoms. The van der Waals surface area contributed by atoms with E-state index in [-0.39, 0.29) is 11.7 Å². The maximum atomic E-state index is 12.8. The van der Waals surface area contributed by atoms with E-state index in [1.54, 1.807) is 35.8 Å². The monoisotopic (exact) mass is 449 g/mol. The number of anilines is 2. The molecule has 0 aliphatic carbocycles. The molecule has 1 saturated heterocycles. The Morgan fingerprint density at radius 2 is 2.07 bits per heavy atom. The van der Waals surface area contributed by atoms with E-state index in [2.05, 4.69) is 15.5 Å². The maximum absolute atomic E-state index is 12.8. The van der Waals surface area contributed by atoms with E-state index in [1.165, 1.54) is 15.6 Å². The third-order valence-electron chi connectivity index (χ3n) is 4.73. The molecule has 1 amide bonds. The van der Waals surface area contributed by atoms with Crippen LogP contribution in [0.25, 0.3) is 10.7 Å². The number of H-pyrrole nitrogens is 1. The van der Waals surface area contributed by atoms with Crippen LogP contribution in [0, 0.1) is 4.77 Å². The van der Waals surface area contributed by atoms with Gasteiger partial charge in [0.1, 0.15) is 6.04 Å². The van der Waals surface area contributed by atoms with E-state index >= 15 is 0 Å². The van der Waals surface area contributed by atoms with Crippen molar-refractivity contribution in [1.29, 1.82) is 0 Å². The number of nitrogens with zero attached hydrogens (tertiary/aromatic N) is 3. The number of carbonyl (C=O) groups excluding carboxylic acids is 1. The summed E-state index contributed by atoms with van der Waals surface area (Å²) in [6.07, 6.45) is 0.621. The molecule has 1 aliphatic heterocycles. The van der Waals surface area contributed by atoms with Gasteiger partial charge in [-0.3, -0.25) is 18.8 Å². The van der Waals surface area contributed by atoms with Crippen LogP contribution < -0.4 is 9.62 Å². The SMILES string of the molecule is CC(C(=O)Nc1ccc(N2CCCS2(=O)=O)cc1)n1c(-c2cccs2)n[nH]c1=S. The molecule has 3 aromatic rings. The van der Waals surface area contributed by atoms with Crippen LogP contribution in [-0.4, -0.2) is 41.4 Å². The fraction of sp³-hybridized carbons (Fsp3) is 0.278. The first kappa shape index (κ1) is 19.8. The van der Waals surface area contributed by atoms with Crippen LogP contribution in [0.5, 0.6) is 0 Å². The zero-order valence-corrected chi connectivity index (χ0v) is 18.0. The predicted octanol–water partition coefficient (Wildman–Crippen LogP) is 3.41. The highest BCUT2D eigenvalue weighted by molar-refractivity contribution is 7.93. The second kappa shape index (κ2) is 7.73. The molecule has 1 atom stereocenters. The average Bonchev–Trinajstić information content (AvgIpc) is 3.41. The Bertz CT molecular complexity index is 1180.